The number of nitrogens with one attached hydrogen (secondary N) is 2. The molecule has 0 aliphatic carbocycles. The average molecular weight is 306 g/mol. The molecule has 0 radical (unpaired) electrons. The van der Waals surface area contributed by atoms with Crippen molar-refractivity contribution in [2.24, 2.45) is 0 Å². The molecule has 22 heavy (non-hydrogen) atoms. The summed E-state index contributed by atoms with van der Waals surface area (Å²) in [5.74, 6) is -0.332. The number of ether oxygens (including phenoxy) is 1. The first-order chi connectivity index (χ1) is 10.3. The fourth-order valence-corrected chi connectivity index (χ4v) is 1.99. The monoisotopic (exact) mass is 306 g/mol. The van der Waals surface area contributed by atoms with E-state index in [0.717, 1.165) is 5.69 Å². The summed E-state index contributed by atoms with van der Waals surface area (Å²) in [4.78, 5) is 23.2. The zero-order valence-corrected chi connectivity index (χ0v) is 14.0. The fraction of sp³-hybridized carbons (Fsp3) is 0.529. The SMILES string of the molecule is CC[C@H](CC(=O)OC)NC(=O)Nc1ccc(C(C)(C)C)cc1. The standard InChI is InChI=1S/C17H26N2O3/c1-6-13(11-15(20)22-5)18-16(21)19-14-9-7-12(8-10-14)17(2,3)4/h7-10,13H,6,11H2,1-5H3,(H2,18,19,21)/t13-/m1/s1. The molecule has 2 N–H and O–H groups in total. The number of rotatable bonds is 5. The molecular formula is C17H26N2O3. The average Bonchev–Trinajstić information content (AvgIpc) is 2.45. The lowest BCUT2D eigenvalue weighted by molar-refractivity contribution is -0.141. The predicted octanol–water partition coefficient (Wildman–Crippen LogP) is 3.45. The van der Waals surface area contributed by atoms with Crippen molar-refractivity contribution in [2.75, 3.05) is 12.4 Å². The Morgan fingerprint density at radius 3 is 2.23 bits per heavy atom. The quantitative estimate of drug-likeness (QED) is 0.819. The van der Waals surface area contributed by atoms with Crippen LogP contribution in [0.3, 0.4) is 0 Å². The summed E-state index contributed by atoms with van der Waals surface area (Å²) in [6, 6.07) is 7.20. The number of carbonyl (C=O) groups is 2. The molecule has 0 bridgehead atoms. The Morgan fingerprint density at radius 2 is 1.77 bits per heavy atom. The minimum Gasteiger partial charge on any atom is -0.469 e. The first kappa shape index (κ1) is 18.0. The zero-order chi connectivity index (χ0) is 16.8. The van der Waals surface area contributed by atoms with Gasteiger partial charge in [-0.05, 0) is 29.5 Å². The van der Waals surface area contributed by atoms with Crippen LogP contribution in [-0.2, 0) is 14.9 Å². The highest BCUT2D eigenvalue weighted by atomic mass is 16.5. The summed E-state index contributed by atoms with van der Waals surface area (Å²) in [5.41, 5.74) is 2.00. The summed E-state index contributed by atoms with van der Waals surface area (Å²) in [6.45, 7) is 8.33. The molecule has 5 nitrogen and oxygen atoms in total. The molecule has 0 aliphatic rings. The highest BCUT2D eigenvalue weighted by Gasteiger charge is 2.16. The third-order valence-corrected chi connectivity index (χ3v) is 3.48. The van der Waals surface area contributed by atoms with Crippen LogP contribution in [0.1, 0.15) is 46.1 Å². The Morgan fingerprint density at radius 1 is 1.18 bits per heavy atom. The van der Waals surface area contributed by atoms with Gasteiger partial charge in [0.15, 0.2) is 0 Å². The Labute approximate surface area is 132 Å². The number of hydrogen-bond donors (Lipinski definition) is 2. The lowest BCUT2D eigenvalue weighted by atomic mass is 9.87. The van der Waals surface area contributed by atoms with Gasteiger partial charge in [0.05, 0.1) is 13.5 Å². The van der Waals surface area contributed by atoms with Crippen LogP contribution in [0.5, 0.6) is 0 Å². The van der Waals surface area contributed by atoms with Gasteiger partial charge in [0, 0.05) is 11.7 Å². The topological polar surface area (TPSA) is 67.4 Å². The summed E-state index contributed by atoms with van der Waals surface area (Å²) in [6.07, 6.45) is 0.828. The third kappa shape index (κ3) is 5.76. The van der Waals surface area contributed by atoms with Crippen molar-refractivity contribution < 1.29 is 14.3 Å². The van der Waals surface area contributed by atoms with Gasteiger partial charge in [-0.1, -0.05) is 39.8 Å². The van der Waals surface area contributed by atoms with E-state index in [1.165, 1.54) is 12.7 Å². The molecule has 1 atom stereocenters. The van der Waals surface area contributed by atoms with E-state index in [9.17, 15) is 9.59 Å². The van der Waals surface area contributed by atoms with Crippen LogP contribution >= 0.6 is 0 Å². The summed E-state index contributed by atoms with van der Waals surface area (Å²) in [5, 5.41) is 5.55. The molecule has 1 rings (SSSR count). The number of benzene rings is 1. The van der Waals surface area contributed by atoms with Gasteiger partial charge in [-0.15, -0.1) is 0 Å². The van der Waals surface area contributed by atoms with E-state index in [-0.39, 0.29) is 29.9 Å². The zero-order valence-electron chi connectivity index (χ0n) is 14.0. The maximum atomic E-state index is 12.0. The van der Waals surface area contributed by atoms with Crippen molar-refractivity contribution in [3.05, 3.63) is 29.8 Å². The van der Waals surface area contributed by atoms with E-state index >= 15 is 0 Å². The number of amides is 2. The molecule has 1 aromatic carbocycles. The Bertz CT molecular complexity index is 504. The van der Waals surface area contributed by atoms with E-state index in [2.05, 4.69) is 36.1 Å². The number of esters is 1. The van der Waals surface area contributed by atoms with Crippen LogP contribution in [0, 0.1) is 0 Å². The van der Waals surface area contributed by atoms with E-state index in [0.29, 0.717) is 6.42 Å². The number of urea groups is 1. The lowest BCUT2D eigenvalue weighted by Crippen LogP contribution is -2.39. The van der Waals surface area contributed by atoms with Crippen LogP contribution in [-0.4, -0.2) is 25.2 Å². The molecule has 0 saturated heterocycles. The molecular weight excluding hydrogens is 280 g/mol. The number of carbonyl (C=O) groups excluding carboxylic acids is 2. The van der Waals surface area contributed by atoms with Crippen LogP contribution in [0.4, 0.5) is 10.5 Å². The highest BCUT2D eigenvalue weighted by molar-refractivity contribution is 5.89. The molecule has 0 saturated carbocycles. The molecule has 0 unspecified atom stereocenters. The molecule has 5 heteroatoms. The normalized spacial score (nSPS) is 12.4. The van der Waals surface area contributed by atoms with Crippen LogP contribution in [0.15, 0.2) is 24.3 Å². The second-order valence-electron chi connectivity index (χ2n) is 6.31. The number of methoxy groups -OCH3 is 1. The number of anilines is 1. The maximum absolute atomic E-state index is 12.0. The minimum absolute atomic E-state index is 0.0780. The summed E-state index contributed by atoms with van der Waals surface area (Å²) in [7, 11) is 1.34. The second kappa shape index (κ2) is 7.82. The molecule has 0 fully saturated rings. The lowest BCUT2D eigenvalue weighted by Gasteiger charge is -2.20. The van der Waals surface area contributed by atoms with Crippen LogP contribution in [0.25, 0.3) is 0 Å². The minimum atomic E-state index is -0.332. The van der Waals surface area contributed by atoms with Crippen molar-refractivity contribution in [2.45, 2.75) is 52.0 Å². The Hall–Kier alpha value is -2.04. The molecule has 0 aliphatic heterocycles. The van der Waals surface area contributed by atoms with Gasteiger partial charge < -0.3 is 15.4 Å². The largest absolute Gasteiger partial charge is 0.469 e. The van der Waals surface area contributed by atoms with Gasteiger partial charge in [0.2, 0.25) is 0 Å². The van der Waals surface area contributed by atoms with Crippen molar-refractivity contribution in [3.63, 3.8) is 0 Å². The molecule has 122 valence electrons. The fourth-order valence-electron chi connectivity index (χ4n) is 1.99. The van der Waals surface area contributed by atoms with Crippen LogP contribution in [0.2, 0.25) is 0 Å². The smallest absolute Gasteiger partial charge is 0.319 e. The van der Waals surface area contributed by atoms with Crippen molar-refractivity contribution in [3.8, 4) is 0 Å². The first-order valence-corrected chi connectivity index (χ1v) is 7.51. The van der Waals surface area contributed by atoms with Gasteiger partial charge in [-0.3, -0.25) is 4.79 Å². The summed E-state index contributed by atoms with van der Waals surface area (Å²) < 4.78 is 4.62. The van der Waals surface area contributed by atoms with E-state index in [1.54, 1.807) is 0 Å². The molecule has 2 amide bonds. The van der Waals surface area contributed by atoms with E-state index in [1.807, 2.05) is 31.2 Å². The van der Waals surface area contributed by atoms with Gasteiger partial charge in [0.1, 0.15) is 0 Å². The highest BCUT2D eigenvalue weighted by Crippen LogP contribution is 2.23. The summed E-state index contributed by atoms with van der Waals surface area (Å²) >= 11 is 0. The first-order valence-electron chi connectivity index (χ1n) is 7.51. The Balaban J connectivity index is 2.59. The van der Waals surface area contributed by atoms with Crippen molar-refractivity contribution >= 4 is 17.7 Å². The molecule has 0 aromatic heterocycles. The number of hydrogen-bond acceptors (Lipinski definition) is 3. The third-order valence-electron chi connectivity index (χ3n) is 3.48. The second-order valence-corrected chi connectivity index (χ2v) is 6.31. The van der Waals surface area contributed by atoms with Gasteiger partial charge in [0.25, 0.3) is 0 Å². The molecule has 0 spiro atoms. The van der Waals surface area contributed by atoms with Crippen molar-refractivity contribution in [1.29, 1.82) is 0 Å². The van der Waals surface area contributed by atoms with Gasteiger partial charge in [-0.25, -0.2) is 4.79 Å². The van der Waals surface area contributed by atoms with Gasteiger partial charge >= 0.3 is 12.0 Å². The molecule has 0 heterocycles. The maximum Gasteiger partial charge on any atom is 0.319 e. The van der Waals surface area contributed by atoms with E-state index in [4.69, 9.17) is 0 Å². The predicted molar refractivity (Wildman–Crippen MR) is 88.0 cm³/mol. The Kier molecular flexibility index (Phi) is 6.40. The molecule has 1 aromatic rings. The van der Waals surface area contributed by atoms with Gasteiger partial charge in [-0.2, -0.15) is 0 Å². The van der Waals surface area contributed by atoms with Crippen LogP contribution < -0.4 is 10.6 Å². The van der Waals surface area contributed by atoms with Crippen molar-refractivity contribution in [1.82, 2.24) is 5.32 Å². The van der Waals surface area contributed by atoms with E-state index < -0.39 is 0 Å².